The van der Waals surface area contributed by atoms with Crippen molar-refractivity contribution < 1.29 is 19.4 Å². The van der Waals surface area contributed by atoms with Gasteiger partial charge in [0, 0.05) is 18.0 Å². The van der Waals surface area contributed by atoms with Gasteiger partial charge in [-0.3, -0.25) is 9.59 Å². The van der Waals surface area contributed by atoms with Gasteiger partial charge < -0.3 is 15.2 Å². The molecule has 22 heavy (non-hydrogen) atoms. The number of benzene rings is 1. The number of carboxylic acids is 1. The van der Waals surface area contributed by atoms with Gasteiger partial charge >= 0.3 is 5.97 Å². The number of carbonyl (C=O) groups excluding carboxylic acids is 1. The maximum atomic E-state index is 11.6. The lowest BCUT2D eigenvalue weighted by atomic mass is 10.1. The van der Waals surface area contributed by atoms with Gasteiger partial charge in [0.05, 0.1) is 0 Å². The van der Waals surface area contributed by atoms with Crippen LogP contribution in [0.25, 0.3) is 0 Å². The highest BCUT2D eigenvalue weighted by Gasteiger charge is 2.04. The fourth-order valence-electron chi connectivity index (χ4n) is 1.89. The van der Waals surface area contributed by atoms with Crippen molar-refractivity contribution in [3.05, 3.63) is 28.8 Å². The van der Waals surface area contributed by atoms with E-state index in [1.165, 1.54) is 0 Å². The molecule has 0 aromatic heterocycles. The number of hydrogen-bond acceptors (Lipinski definition) is 3. The molecular weight excluding hydrogens is 306 g/mol. The number of aryl methyl sites for hydroxylation is 1. The molecule has 6 heteroatoms. The Labute approximate surface area is 135 Å². The summed E-state index contributed by atoms with van der Waals surface area (Å²) in [7, 11) is 0. The number of hydrogen-bond donors (Lipinski definition) is 2. The van der Waals surface area contributed by atoms with Crippen LogP contribution >= 0.6 is 11.6 Å². The van der Waals surface area contributed by atoms with Gasteiger partial charge in [0.25, 0.3) is 5.91 Å². The maximum Gasteiger partial charge on any atom is 0.303 e. The minimum absolute atomic E-state index is 0.0277. The van der Waals surface area contributed by atoms with E-state index in [1.54, 1.807) is 18.2 Å². The van der Waals surface area contributed by atoms with E-state index in [-0.39, 0.29) is 18.9 Å². The summed E-state index contributed by atoms with van der Waals surface area (Å²) >= 11 is 5.91. The van der Waals surface area contributed by atoms with Crippen LogP contribution in [-0.2, 0) is 9.59 Å². The summed E-state index contributed by atoms with van der Waals surface area (Å²) in [5.41, 5.74) is 0.904. The van der Waals surface area contributed by atoms with Crippen LogP contribution in [0.3, 0.4) is 0 Å². The molecule has 1 rings (SSSR count). The summed E-state index contributed by atoms with van der Waals surface area (Å²) in [6.07, 6.45) is 3.50. The molecule has 0 saturated heterocycles. The van der Waals surface area contributed by atoms with Crippen LogP contribution in [0, 0.1) is 6.92 Å². The molecule has 0 spiro atoms. The normalized spacial score (nSPS) is 10.3. The van der Waals surface area contributed by atoms with Gasteiger partial charge in [-0.1, -0.05) is 24.4 Å². The molecule has 1 aromatic carbocycles. The van der Waals surface area contributed by atoms with Crippen LogP contribution in [0.5, 0.6) is 5.75 Å². The first-order valence-electron chi connectivity index (χ1n) is 7.36. The Bertz CT molecular complexity index is 505. The number of carboxylic acid groups (broad SMARTS) is 1. The standard InChI is InChI=1S/C16H22ClNO4/c1-12-10-13(7-8-14(12)17)22-11-15(19)18-9-5-3-2-4-6-16(20)21/h7-8,10H,2-6,9,11H2,1H3,(H,18,19)(H,20,21). The average molecular weight is 328 g/mol. The van der Waals surface area contributed by atoms with Crippen molar-refractivity contribution in [1.29, 1.82) is 0 Å². The third-order valence-electron chi connectivity index (χ3n) is 3.14. The van der Waals surface area contributed by atoms with E-state index in [0.29, 0.717) is 23.7 Å². The van der Waals surface area contributed by atoms with Crippen molar-refractivity contribution in [1.82, 2.24) is 5.32 Å². The Hall–Kier alpha value is -1.75. The molecule has 0 atom stereocenters. The predicted octanol–water partition coefficient (Wildman–Crippen LogP) is 3.18. The molecule has 0 bridgehead atoms. The van der Waals surface area contributed by atoms with Crippen LogP contribution in [0.2, 0.25) is 5.02 Å². The highest BCUT2D eigenvalue weighted by molar-refractivity contribution is 6.31. The summed E-state index contributed by atoms with van der Waals surface area (Å²) in [5.74, 6) is -0.313. The van der Waals surface area contributed by atoms with Crippen molar-refractivity contribution in [3.8, 4) is 5.75 Å². The first-order chi connectivity index (χ1) is 10.5. The number of halogens is 1. The average Bonchev–Trinajstić information content (AvgIpc) is 2.47. The van der Waals surface area contributed by atoms with E-state index in [9.17, 15) is 9.59 Å². The van der Waals surface area contributed by atoms with Crippen LogP contribution in [-0.4, -0.2) is 30.1 Å². The lowest BCUT2D eigenvalue weighted by Crippen LogP contribution is -2.29. The number of amides is 1. The molecule has 0 radical (unpaired) electrons. The van der Waals surface area contributed by atoms with E-state index < -0.39 is 5.97 Å². The summed E-state index contributed by atoms with van der Waals surface area (Å²) in [4.78, 5) is 21.9. The second kappa shape index (κ2) is 10.1. The highest BCUT2D eigenvalue weighted by atomic mass is 35.5. The Morgan fingerprint density at radius 3 is 2.64 bits per heavy atom. The Morgan fingerprint density at radius 1 is 1.23 bits per heavy atom. The number of rotatable bonds is 10. The summed E-state index contributed by atoms with van der Waals surface area (Å²) in [5, 5.41) is 11.9. The first kappa shape index (κ1) is 18.3. The van der Waals surface area contributed by atoms with Gasteiger partial charge in [-0.05, 0) is 43.5 Å². The zero-order valence-corrected chi connectivity index (χ0v) is 13.5. The summed E-state index contributed by atoms with van der Waals surface area (Å²) < 4.78 is 5.39. The van der Waals surface area contributed by atoms with E-state index in [0.717, 1.165) is 24.8 Å². The van der Waals surface area contributed by atoms with Crippen molar-refractivity contribution in [2.75, 3.05) is 13.2 Å². The SMILES string of the molecule is Cc1cc(OCC(=O)NCCCCCCC(=O)O)ccc1Cl. The zero-order valence-electron chi connectivity index (χ0n) is 12.7. The molecule has 0 saturated carbocycles. The Balaban J connectivity index is 2.08. The molecule has 0 heterocycles. The molecule has 0 fully saturated rings. The second-order valence-corrected chi connectivity index (χ2v) is 5.51. The monoisotopic (exact) mass is 327 g/mol. The fraction of sp³-hybridized carbons (Fsp3) is 0.500. The zero-order chi connectivity index (χ0) is 16.4. The minimum atomic E-state index is -0.761. The van der Waals surface area contributed by atoms with Crippen molar-refractivity contribution >= 4 is 23.5 Å². The molecular formula is C16H22ClNO4. The van der Waals surface area contributed by atoms with Crippen molar-refractivity contribution in [3.63, 3.8) is 0 Å². The van der Waals surface area contributed by atoms with Gasteiger partial charge in [0.2, 0.25) is 0 Å². The lowest BCUT2D eigenvalue weighted by Gasteiger charge is -2.08. The van der Waals surface area contributed by atoms with Gasteiger partial charge in [-0.2, -0.15) is 0 Å². The highest BCUT2D eigenvalue weighted by Crippen LogP contribution is 2.20. The number of aliphatic carboxylic acids is 1. The smallest absolute Gasteiger partial charge is 0.303 e. The molecule has 1 amide bonds. The van der Waals surface area contributed by atoms with Gasteiger partial charge in [-0.15, -0.1) is 0 Å². The minimum Gasteiger partial charge on any atom is -0.484 e. The van der Waals surface area contributed by atoms with Crippen LogP contribution in [0.15, 0.2) is 18.2 Å². The quantitative estimate of drug-likeness (QED) is 0.647. The predicted molar refractivity (Wildman–Crippen MR) is 85.4 cm³/mol. The topological polar surface area (TPSA) is 75.6 Å². The van der Waals surface area contributed by atoms with Crippen LogP contribution in [0.1, 0.15) is 37.7 Å². The van der Waals surface area contributed by atoms with Crippen molar-refractivity contribution in [2.45, 2.75) is 39.0 Å². The largest absolute Gasteiger partial charge is 0.484 e. The molecule has 5 nitrogen and oxygen atoms in total. The number of ether oxygens (including phenoxy) is 1. The summed E-state index contributed by atoms with van der Waals surface area (Å²) in [6, 6.07) is 5.25. The van der Waals surface area contributed by atoms with Gasteiger partial charge in [0.1, 0.15) is 5.75 Å². The van der Waals surface area contributed by atoms with Crippen LogP contribution in [0.4, 0.5) is 0 Å². The first-order valence-corrected chi connectivity index (χ1v) is 7.74. The molecule has 122 valence electrons. The molecule has 0 aliphatic carbocycles. The number of nitrogens with one attached hydrogen (secondary N) is 1. The van der Waals surface area contributed by atoms with E-state index >= 15 is 0 Å². The van der Waals surface area contributed by atoms with Gasteiger partial charge in [-0.25, -0.2) is 0 Å². The van der Waals surface area contributed by atoms with E-state index in [4.69, 9.17) is 21.4 Å². The fourth-order valence-corrected chi connectivity index (χ4v) is 2.01. The Morgan fingerprint density at radius 2 is 1.95 bits per heavy atom. The van der Waals surface area contributed by atoms with Gasteiger partial charge in [0.15, 0.2) is 6.61 Å². The number of unbranched alkanes of at least 4 members (excludes halogenated alkanes) is 3. The molecule has 0 aliphatic heterocycles. The maximum absolute atomic E-state index is 11.6. The third-order valence-corrected chi connectivity index (χ3v) is 3.56. The van der Waals surface area contributed by atoms with E-state index in [1.807, 2.05) is 6.92 Å². The molecule has 1 aromatic rings. The van der Waals surface area contributed by atoms with Crippen molar-refractivity contribution in [2.24, 2.45) is 0 Å². The van der Waals surface area contributed by atoms with E-state index in [2.05, 4.69) is 5.32 Å². The molecule has 2 N–H and O–H groups in total. The Kier molecular flexibility index (Phi) is 8.36. The molecule has 0 unspecified atom stereocenters. The molecule has 0 aliphatic rings. The van der Waals surface area contributed by atoms with Crippen LogP contribution < -0.4 is 10.1 Å². The summed E-state index contributed by atoms with van der Waals surface area (Å²) in [6.45, 7) is 2.43. The lowest BCUT2D eigenvalue weighted by molar-refractivity contribution is -0.137. The number of carbonyl (C=O) groups is 2. The second-order valence-electron chi connectivity index (χ2n) is 5.11. The third kappa shape index (κ3) is 7.88.